The van der Waals surface area contributed by atoms with Crippen LogP contribution in [0.25, 0.3) is 0 Å². The van der Waals surface area contributed by atoms with Crippen molar-refractivity contribution >= 4 is 11.9 Å². The Kier molecular flexibility index (Phi) is 25.2. The molecule has 0 radical (unpaired) electrons. The van der Waals surface area contributed by atoms with Crippen LogP contribution in [0.15, 0.2) is 36.4 Å². The number of esters is 2. The molecule has 0 spiro atoms. The van der Waals surface area contributed by atoms with Gasteiger partial charge in [-0.05, 0) is 79.4 Å². The van der Waals surface area contributed by atoms with Crippen LogP contribution in [0.1, 0.15) is 133 Å². The molecule has 0 bridgehead atoms. The largest absolute Gasteiger partial charge is 0.490 e. The zero-order chi connectivity index (χ0) is 47.0. The van der Waals surface area contributed by atoms with Crippen molar-refractivity contribution in [2.75, 3.05) is 66.1 Å². The molecule has 14 nitrogen and oxygen atoms in total. The first kappa shape index (κ1) is 54.6. The van der Waals surface area contributed by atoms with Gasteiger partial charge < -0.3 is 56.8 Å². The normalized spacial score (nSPS) is 11.4. The molecule has 0 amide bonds. The minimum atomic E-state index is -1.08. The highest BCUT2D eigenvalue weighted by Crippen LogP contribution is 2.57. The minimum absolute atomic E-state index is 0.0565. The van der Waals surface area contributed by atoms with Gasteiger partial charge in [0.05, 0.1) is 39.6 Å². The molecule has 0 saturated heterocycles. The van der Waals surface area contributed by atoms with Crippen LogP contribution in [0, 0.1) is 0 Å². The molecule has 63 heavy (non-hydrogen) atoms. The summed E-state index contributed by atoms with van der Waals surface area (Å²) in [5.74, 6) is 0.219. The van der Waals surface area contributed by atoms with E-state index in [1.807, 2.05) is 69.2 Å². The average molecular weight is 889 g/mol. The van der Waals surface area contributed by atoms with Crippen molar-refractivity contribution in [2.24, 2.45) is 0 Å². The molecule has 0 atom stereocenters. The van der Waals surface area contributed by atoms with Crippen LogP contribution in [0.2, 0.25) is 0 Å². The third-order valence-electron chi connectivity index (χ3n) is 9.18. The minimum Gasteiger partial charge on any atom is -0.490 e. The topological polar surface area (TPSA) is 145 Å². The molecular formula is C49H76O14. The zero-order valence-electron chi connectivity index (χ0n) is 40.3. The molecule has 0 N–H and O–H groups in total. The van der Waals surface area contributed by atoms with Gasteiger partial charge in [0, 0.05) is 67.0 Å². The summed E-state index contributed by atoms with van der Waals surface area (Å²) in [6.45, 7) is 33.4. The summed E-state index contributed by atoms with van der Waals surface area (Å²) in [5, 5.41) is 0. The van der Waals surface area contributed by atoms with Crippen LogP contribution in [-0.4, -0.2) is 90.6 Å². The van der Waals surface area contributed by atoms with Gasteiger partial charge in [-0.1, -0.05) is 54.7 Å². The Morgan fingerprint density at radius 1 is 0.476 bits per heavy atom. The Labute approximate surface area is 376 Å². The summed E-state index contributed by atoms with van der Waals surface area (Å²) in [6, 6.07) is 3.59. The molecule has 0 aliphatic carbocycles. The Morgan fingerprint density at radius 3 is 1.06 bits per heavy atom. The van der Waals surface area contributed by atoms with Gasteiger partial charge in [-0.2, -0.15) is 0 Å². The van der Waals surface area contributed by atoms with E-state index in [1.54, 1.807) is 26.0 Å². The number of benzene rings is 2. The van der Waals surface area contributed by atoms with Gasteiger partial charge in [0.1, 0.15) is 0 Å². The van der Waals surface area contributed by atoms with E-state index in [0.29, 0.717) is 89.3 Å². The highest BCUT2D eigenvalue weighted by atomic mass is 16.7. The molecular weight excluding hydrogens is 813 g/mol. The van der Waals surface area contributed by atoms with Crippen molar-refractivity contribution < 1.29 is 66.4 Å². The van der Waals surface area contributed by atoms with Crippen LogP contribution in [-0.2, 0) is 34.0 Å². The third kappa shape index (κ3) is 16.5. The summed E-state index contributed by atoms with van der Waals surface area (Å²) in [7, 11) is 0. The molecule has 14 heteroatoms. The van der Waals surface area contributed by atoms with Crippen LogP contribution < -0.4 is 37.9 Å². The van der Waals surface area contributed by atoms with E-state index in [0.717, 1.165) is 0 Å². The van der Waals surface area contributed by atoms with Gasteiger partial charge >= 0.3 is 11.9 Å². The molecule has 2 aromatic rings. The molecule has 0 saturated carbocycles. The van der Waals surface area contributed by atoms with E-state index in [2.05, 4.69) is 13.2 Å². The lowest BCUT2D eigenvalue weighted by Crippen LogP contribution is -2.26. The van der Waals surface area contributed by atoms with Crippen LogP contribution >= 0.6 is 0 Å². The number of hydrogen-bond donors (Lipinski definition) is 0. The van der Waals surface area contributed by atoms with Gasteiger partial charge in [-0.25, -0.2) is 9.59 Å². The van der Waals surface area contributed by atoms with Crippen LogP contribution in [0.4, 0.5) is 0 Å². The second kappa shape index (κ2) is 29.0. The monoisotopic (exact) mass is 889 g/mol. The predicted molar refractivity (Wildman–Crippen MR) is 243 cm³/mol. The molecule has 0 heterocycles. The van der Waals surface area contributed by atoms with E-state index >= 15 is 0 Å². The van der Waals surface area contributed by atoms with E-state index in [1.165, 1.54) is 0 Å². The summed E-state index contributed by atoms with van der Waals surface area (Å²) in [6.07, 6.45) is 2.25. The Morgan fingerprint density at radius 2 is 0.778 bits per heavy atom. The SMILES string of the molecule is C=C(C)C(=O)Oc1c(OCCC)cc(C(C)(C)c2cc(OCCC)c(OC(=O)C(=C)C)c(OCCC)c2OCCC(OCC)OCC)c(OCCC(OCC)OCC)c1OCCC. The molecule has 2 aromatic carbocycles. The second-order valence-corrected chi connectivity index (χ2v) is 15.1. The first-order valence-electron chi connectivity index (χ1n) is 22.6. The van der Waals surface area contributed by atoms with Crippen molar-refractivity contribution in [2.45, 2.75) is 140 Å². The van der Waals surface area contributed by atoms with Crippen LogP contribution in [0.3, 0.4) is 0 Å². The number of rotatable bonds is 34. The van der Waals surface area contributed by atoms with E-state index in [4.69, 9.17) is 56.8 Å². The lowest BCUT2D eigenvalue weighted by atomic mass is 9.76. The maximum atomic E-state index is 13.3. The predicted octanol–water partition coefficient (Wildman–Crippen LogP) is 10.5. The lowest BCUT2D eigenvalue weighted by Gasteiger charge is -2.34. The van der Waals surface area contributed by atoms with Crippen molar-refractivity contribution in [3.63, 3.8) is 0 Å². The quantitative estimate of drug-likeness (QED) is 0.0284. The molecule has 0 aliphatic heterocycles. The maximum absolute atomic E-state index is 13.3. The number of carbonyl (C=O) groups excluding carboxylic acids is 2. The van der Waals surface area contributed by atoms with E-state index in [-0.39, 0.29) is 83.6 Å². The third-order valence-corrected chi connectivity index (χ3v) is 9.18. The Bertz CT molecular complexity index is 1600. The molecule has 0 aliphatic rings. The van der Waals surface area contributed by atoms with Crippen molar-refractivity contribution in [1.29, 1.82) is 0 Å². The lowest BCUT2D eigenvalue weighted by molar-refractivity contribution is -0.143. The number of carbonyl (C=O) groups is 2. The summed E-state index contributed by atoms with van der Waals surface area (Å²) in [5.41, 5.74) is 0.455. The highest BCUT2D eigenvalue weighted by Gasteiger charge is 2.39. The first-order valence-corrected chi connectivity index (χ1v) is 22.6. The van der Waals surface area contributed by atoms with Gasteiger partial charge in [0.15, 0.2) is 35.6 Å². The van der Waals surface area contributed by atoms with Gasteiger partial charge in [-0.3, -0.25) is 0 Å². The average Bonchev–Trinajstić information content (AvgIpc) is 3.24. The number of ether oxygens (including phenoxy) is 12. The molecule has 0 fully saturated rings. The fourth-order valence-electron chi connectivity index (χ4n) is 6.11. The summed E-state index contributed by atoms with van der Waals surface area (Å²) >= 11 is 0. The van der Waals surface area contributed by atoms with Gasteiger partial charge in [0.25, 0.3) is 0 Å². The molecule has 0 unspecified atom stereocenters. The summed E-state index contributed by atoms with van der Waals surface area (Å²) in [4.78, 5) is 26.6. The maximum Gasteiger partial charge on any atom is 0.338 e. The van der Waals surface area contributed by atoms with Crippen LogP contribution in [0.5, 0.6) is 46.0 Å². The van der Waals surface area contributed by atoms with Gasteiger partial charge in [0.2, 0.25) is 23.0 Å². The van der Waals surface area contributed by atoms with Crippen molar-refractivity contribution in [3.8, 4) is 46.0 Å². The Balaban J connectivity index is 3.26. The van der Waals surface area contributed by atoms with E-state index in [9.17, 15) is 9.59 Å². The fraction of sp³-hybridized carbons (Fsp3) is 0.633. The smallest absolute Gasteiger partial charge is 0.338 e. The Hall–Kier alpha value is -4.50. The molecule has 0 aromatic heterocycles. The number of hydrogen-bond acceptors (Lipinski definition) is 14. The highest BCUT2D eigenvalue weighted by molar-refractivity contribution is 5.91. The van der Waals surface area contributed by atoms with Crippen molar-refractivity contribution in [3.05, 3.63) is 47.6 Å². The molecule has 2 rings (SSSR count). The van der Waals surface area contributed by atoms with E-state index < -0.39 is 29.9 Å². The zero-order valence-corrected chi connectivity index (χ0v) is 40.3. The standard InChI is InChI=1S/C49H76O14/c1-15-25-56-37-31-35(41(60-29-23-39(52-19-5)53-20-6)45(58-27-17-3)43(37)62-47(50)33(9)10)49(13,14)36-32-38(57-26-16-2)44(63-48(51)34(11)12)46(59-28-18-4)42(36)61-30-24-40(54-21-7)55-22-8/h31-32,39-40H,9,11,15-30H2,1-8,10,12-14H3. The fourth-order valence-corrected chi connectivity index (χ4v) is 6.11. The second-order valence-electron chi connectivity index (χ2n) is 15.1. The van der Waals surface area contributed by atoms with Crippen molar-refractivity contribution in [1.82, 2.24) is 0 Å². The van der Waals surface area contributed by atoms with Gasteiger partial charge in [-0.15, -0.1) is 0 Å². The first-order chi connectivity index (χ1) is 30.2. The molecule has 356 valence electrons. The summed E-state index contributed by atoms with van der Waals surface area (Å²) < 4.78 is 74.8.